The van der Waals surface area contributed by atoms with Crippen molar-refractivity contribution in [2.45, 2.75) is 45.3 Å². The molecule has 2 aromatic rings. The lowest BCUT2D eigenvalue weighted by molar-refractivity contribution is 0.105. The molecule has 128 valence electrons. The first-order valence-corrected chi connectivity index (χ1v) is 8.36. The molecule has 0 spiro atoms. The van der Waals surface area contributed by atoms with Gasteiger partial charge in [0.2, 0.25) is 5.88 Å². The lowest BCUT2D eigenvalue weighted by Crippen LogP contribution is -2.51. The highest BCUT2D eigenvalue weighted by Gasteiger charge is 2.26. The summed E-state index contributed by atoms with van der Waals surface area (Å²) in [4.78, 5) is 14.1. The summed E-state index contributed by atoms with van der Waals surface area (Å²) in [5, 5.41) is 13.1. The zero-order valence-electron chi connectivity index (χ0n) is 14.5. The molecule has 1 fully saturated rings. The van der Waals surface area contributed by atoms with Crippen LogP contribution in [0.5, 0.6) is 5.88 Å². The van der Waals surface area contributed by atoms with Gasteiger partial charge in [-0.2, -0.15) is 5.10 Å². The van der Waals surface area contributed by atoms with E-state index in [4.69, 9.17) is 4.74 Å². The van der Waals surface area contributed by atoms with Crippen molar-refractivity contribution in [1.82, 2.24) is 20.4 Å². The number of nitrogens with one attached hydrogen (secondary N) is 1. The van der Waals surface area contributed by atoms with Gasteiger partial charge in [0.25, 0.3) is 0 Å². The minimum absolute atomic E-state index is 0.00842. The zero-order valence-corrected chi connectivity index (χ0v) is 14.5. The number of hydrogen-bond donors (Lipinski definition) is 1. The third kappa shape index (κ3) is 3.93. The van der Waals surface area contributed by atoms with E-state index in [1.807, 2.05) is 49.9 Å². The molecule has 1 aromatic carbocycles. The third-order valence-electron chi connectivity index (χ3n) is 4.03. The van der Waals surface area contributed by atoms with Crippen LogP contribution in [0.4, 0.5) is 4.79 Å². The molecule has 1 saturated heterocycles. The second kappa shape index (κ2) is 6.63. The van der Waals surface area contributed by atoms with E-state index < -0.39 is 0 Å². The Bertz CT molecular complexity index is 713. The van der Waals surface area contributed by atoms with Crippen LogP contribution in [0.15, 0.2) is 30.5 Å². The van der Waals surface area contributed by atoms with Crippen LogP contribution in [-0.4, -0.2) is 45.9 Å². The standard InChI is InChI=1S/C18H24N4O2/c1-18(2,3)20-17(23)22-10-8-14(9-11-22)24-16-15-7-5-4-6-13(15)12-19-21-16/h4-7,12,14H,8-11H2,1-3H3,(H,20,23). The van der Waals surface area contributed by atoms with Crippen molar-refractivity contribution >= 4 is 16.8 Å². The maximum absolute atomic E-state index is 12.2. The van der Waals surface area contributed by atoms with Gasteiger partial charge in [0.1, 0.15) is 6.10 Å². The summed E-state index contributed by atoms with van der Waals surface area (Å²) in [5.74, 6) is 0.575. The quantitative estimate of drug-likeness (QED) is 0.920. The maximum atomic E-state index is 12.2. The second-order valence-corrected chi connectivity index (χ2v) is 7.22. The SMILES string of the molecule is CC(C)(C)NC(=O)N1CCC(Oc2nncc3ccccc23)CC1. The average molecular weight is 328 g/mol. The topological polar surface area (TPSA) is 67.4 Å². The molecule has 0 unspecified atom stereocenters. The lowest BCUT2D eigenvalue weighted by atomic mass is 10.1. The molecule has 0 bridgehead atoms. The molecule has 1 aliphatic heterocycles. The third-order valence-corrected chi connectivity index (χ3v) is 4.03. The molecule has 2 amide bonds. The van der Waals surface area contributed by atoms with Crippen molar-refractivity contribution in [3.63, 3.8) is 0 Å². The number of carbonyl (C=O) groups excluding carboxylic acids is 1. The molecule has 6 nitrogen and oxygen atoms in total. The number of carbonyl (C=O) groups is 1. The molecule has 1 aromatic heterocycles. The number of fused-ring (bicyclic) bond motifs is 1. The Morgan fingerprint density at radius 3 is 2.67 bits per heavy atom. The first-order chi connectivity index (χ1) is 11.4. The predicted octanol–water partition coefficient (Wildman–Crippen LogP) is 2.98. The number of piperidine rings is 1. The molecule has 6 heteroatoms. The summed E-state index contributed by atoms with van der Waals surface area (Å²) >= 11 is 0. The molecule has 2 heterocycles. The number of hydrogen-bond acceptors (Lipinski definition) is 4. The fourth-order valence-electron chi connectivity index (χ4n) is 2.82. The maximum Gasteiger partial charge on any atom is 0.317 e. The predicted molar refractivity (Wildman–Crippen MR) is 93.0 cm³/mol. The van der Waals surface area contributed by atoms with Crippen molar-refractivity contribution in [2.24, 2.45) is 0 Å². The summed E-state index contributed by atoms with van der Waals surface area (Å²) in [6.07, 6.45) is 3.39. The van der Waals surface area contributed by atoms with Crippen molar-refractivity contribution in [3.05, 3.63) is 30.5 Å². The largest absolute Gasteiger partial charge is 0.473 e. The van der Waals surface area contributed by atoms with E-state index in [0.29, 0.717) is 19.0 Å². The smallest absolute Gasteiger partial charge is 0.317 e. The summed E-state index contributed by atoms with van der Waals surface area (Å²) in [5.41, 5.74) is -0.219. The van der Waals surface area contributed by atoms with Gasteiger partial charge in [-0.25, -0.2) is 4.79 Å². The van der Waals surface area contributed by atoms with Crippen LogP contribution < -0.4 is 10.1 Å². The minimum Gasteiger partial charge on any atom is -0.473 e. The molecule has 1 N–H and O–H groups in total. The fourth-order valence-corrected chi connectivity index (χ4v) is 2.82. The van der Waals surface area contributed by atoms with E-state index in [1.54, 1.807) is 6.20 Å². The van der Waals surface area contributed by atoms with E-state index in [-0.39, 0.29) is 17.7 Å². The Hall–Kier alpha value is -2.37. The molecular formula is C18H24N4O2. The van der Waals surface area contributed by atoms with Crippen LogP contribution in [0.1, 0.15) is 33.6 Å². The Labute approximate surface area is 142 Å². The van der Waals surface area contributed by atoms with E-state index in [2.05, 4.69) is 15.5 Å². The van der Waals surface area contributed by atoms with Gasteiger partial charge in [-0.1, -0.05) is 18.2 Å². The second-order valence-electron chi connectivity index (χ2n) is 7.22. The monoisotopic (exact) mass is 328 g/mol. The zero-order chi connectivity index (χ0) is 17.2. The highest BCUT2D eigenvalue weighted by Crippen LogP contribution is 2.25. The summed E-state index contributed by atoms with van der Waals surface area (Å²) in [7, 11) is 0. The van der Waals surface area contributed by atoms with Crippen molar-refractivity contribution in [3.8, 4) is 5.88 Å². The van der Waals surface area contributed by atoms with Gasteiger partial charge in [-0.15, -0.1) is 5.10 Å². The van der Waals surface area contributed by atoms with Crippen LogP contribution in [-0.2, 0) is 0 Å². The summed E-state index contributed by atoms with van der Waals surface area (Å²) < 4.78 is 6.07. The average Bonchev–Trinajstić information content (AvgIpc) is 2.54. The Kier molecular flexibility index (Phi) is 4.55. The van der Waals surface area contributed by atoms with Crippen LogP contribution in [0.2, 0.25) is 0 Å². The first-order valence-electron chi connectivity index (χ1n) is 8.36. The number of benzene rings is 1. The van der Waals surface area contributed by atoms with E-state index >= 15 is 0 Å². The molecule has 0 radical (unpaired) electrons. The number of likely N-dealkylation sites (tertiary alicyclic amines) is 1. The van der Waals surface area contributed by atoms with E-state index in [0.717, 1.165) is 23.6 Å². The molecular weight excluding hydrogens is 304 g/mol. The normalized spacial score (nSPS) is 16.2. The molecule has 0 atom stereocenters. The molecule has 0 aliphatic carbocycles. The number of urea groups is 1. The summed E-state index contributed by atoms with van der Waals surface area (Å²) in [6.45, 7) is 7.33. The van der Waals surface area contributed by atoms with Gasteiger partial charge in [0, 0.05) is 42.2 Å². The highest BCUT2D eigenvalue weighted by atomic mass is 16.5. The molecule has 0 saturated carbocycles. The van der Waals surface area contributed by atoms with Crippen molar-refractivity contribution in [2.75, 3.05) is 13.1 Å². The van der Waals surface area contributed by atoms with Crippen molar-refractivity contribution < 1.29 is 9.53 Å². The Balaban J connectivity index is 1.60. The lowest BCUT2D eigenvalue weighted by Gasteiger charge is -2.34. The molecule has 3 rings (SSSR count). The highest BCUT2D eigenvalue weighted by molar-refractivity contribution is 5.85. The van der Waals surface area contributed by atoms with Gasteiger partial charge in [0.15, 0.2) is 0 Å². The summed E-state index contributed by atoms with van der Waals surface area (Å²) in [6, 6.07) is 7.92. The number of aromatic nitrogens is 2. The van der Waals surface area contributed by atoms with Crippen LogP contribution in [0.3, 0.4) is 0 Å². The fraction of sp³-hybridized carbons (Fsp3) is 0.500. The van der Waals surface area contributed by atoms with Crippen LogP contribution >= 0.6 is 0 Å². The van der Waals surface area contributed by atoms with Gasteiger partial charge in [0.05, 0.1) is 6.20 Å². The van der Waals surface area contributed by atoms with Gasteiger partial charge >= 0.3 is 6.03 Å². The number of rotatable bonds is 2. The molecule has 24 heavy (non-hydrogen) atoms. The number of nitrogens with zero attached hydrogens (tertiary/aromatic N) is 3. The van der Waals surface area contributed by atoms with Gasteiger partial charge in [-0.3, -0.25) is 0 Å². The van der Waals surface area contributed by atoms with Gasteiger partial charge in [-0.05, 0) is 26.8 Å². The first kappa shape index (κ1) is 16.5. The van der Waals surface area contributed by atoms with E-state index in [9.17, 15) is 4.79 Å². The van der Waals surface area contributed by atoms with Gasteiger partial charge < -0.3 is 15.0 Å². The number of ether oxygens (including phenoxy) is 1. The van der Waals surface area contributed by atoms with Crippen LogP contribution in [0.25, 0.3) is 10.8 Å². The van der Waals surface area contributed by atoms with Crippen LogP contribution in [0, 0.1) is 0 Å². The van der Waals surface area contributed by atoms with E-state index in [1.165, 1.54) is 0 Å². The number of amides is 2. The minimum atomic E-state index is -0.219. The Morgan fingerprint density at radius 2 is 1.96 bits per heavy atom. The molecule has 1 aliphatic rings. The van der Waals surface area contributed by atoms with Crippen molar-refractivity contribution in [1.29, 1.82) is 0 Å². The Morgan fingerprint density at radius 1 is 1.25 bits per heavy atom.